The van der Waals surface area contributed by atoms with E-state index in [1.165, 1.54) is 5.56 Å². The standard InChI is InChI=1S/C16H20N2O/c1-3-19-15-10-8-14(9-11-15)16(18-17)13-6-4-12(2)5-7-13/h4-11,16,18H,3,17H2,1-2H3. The molecule has 2 aromatic rings. The van der Waals surface area contributed by atoms with Gasteiger partial charge in [-0.15, -0.1) is 0 Å². The minimum absolute atomic E-state index is 0.00345. The maximum atomic E-state index is 5.69. The predicted molar refractivity (Wildman–Crippen MR) is 78.0 cm³/mol. The summed E-state index contributed by atoms with van der Waals surface area (Å²) in [5, 5.41) is 0. The van der Waals surface area contributed by atoms with Crippen molar-refractivity contribution in [1.29, 1.82) is 0 Å². The molecule has 0 saturated heterocycles. The zero-order valence-electron chi connectivity index (χ0n) is 11.4. The lowest BCUT2D eigenvalue weighted by atomic mass is 9.98. The Morgan fingerprint density at radius 1 is 1.00 bits per heavy atom. The lowest BCUT2D eigenvalue weighted by Crippen LogP contribution is -2.28. The molecule has 2 aromatic carbocycles. The van der Waals surface area contributed by atoms with Crippen LogP contribution in [-0.2, 0) is 0 Å². The number of aryl methyl sites for hydroxylation is 1. The van der Waals surface area contributed by atoms with Crippen LogP contribution in [0.1, 0.15) is 29.7 Å². The molecule has 2 rings (SSSR count). The Labute approximate surface area is 114 Å². The summed E-state index contributed by atoms with van der Waals surface area (Å²) in [7, 11) is 0. The van der Waals surface area contributed by atoms with E-state index in [4.69, 9.17) is 10.6 Å². The SMILES string of the molecule is CCOc1ccc(C(NN)c2ccc(C)cc2)cc1. The van der Waals surface area contributed by atoms with Crippen LogP contribution in [0.15, 0.2) is 48.5 Å². The van der Waals surface area contributed by atoms with Crippen molar-refractivity contribution in [3.05, 3.63) is 65.2 Å². The molecule has 0 heterocycles. The van der Waals surface area contributed by atoms with Crippen molar-refractivity contribution in [1.82, 2.24) is 5.43 Å². The van der Waals surface area contributed by atoms with Crippen molar-refractivity contribution < 1.29 is 4.74 Å². The van der Waals surface area contributed by atoms with Crippen LogP contribution in [0.25, 0.3) is 0 Å². The van der Waals surface area contributed by atoms with Crippen LogP contribution in [0, 0.1) is 6.92 Å². The molecule has 0 saturated carbocycles. The van der Waals surface area contributed by atoms with Gasteiger partial charge in [-0.25, -0.2) is 5.43 Å². The zero-order valence-corrected chi connectivity index (χ0v) is 11.4. The van der Waals surface area contributed by atoms with Crippen molar-refractivity contribution in [3.63, 3.8) is 0 Å². The van der Waals surface area contributed by atoms with Crippen LogP contribution < -0.4 is 16.0 Å². The lowest BCUT2D eigenvalue weighted by Gasteiger charge is -2.17. The van der Waals surface area contributed by atoms with Crippen LogP contribution >= 0.6 is 0 Å². The van der Waals surface area contributed by atoms with E-state index in [-0.39, 0.29) is 6.04 Å². The van der Waals surface area contributed by atoms with Gasteiger partial charge in [0.2, 0.25) is 0 Å². The van der Waals surface area contributed by atoms with Gasteiger partial charge in [-0.2, -0.15) is 0 Å². The molecule has 0 aliphatic carbocycles. The Morgan fingerprint density at radius 3 is 2.00 bits per heavy atom. The molecule has 0 aliphatic rings. The zero-order chi connectivity index (χ0) is 13.7. The summed E-state index contributed by atoms with van der Waals surface area (Å²) in [5.41, 5.74) is 6.38. The highest BCUT2D eigenvalue weighted by Crippen LogP contribution is 2.23. The van der Waals surface area contributed by atoms with Gasteiger partial charge in [-0.05, 0) is 37.1 Å². The summed E-state index contributed by atoms with van der Waals surface area (Å²) in [4.78, 5) is 0. The molecule has 3 nitrogen and oxygen atoms in total. The number of nitrogens with two attached hydrogens (primary N) is 1. The van der Waals surface area contributed by atoms with Gasteiger partial charge in [-0.1, -0.05) is 42.0 Å². The van der Waals surface area contributed by atoms with Gasteiger partial charge in [0.25, 0.3) is 0 Å². The van der Waals surface area contributed by atoms with Gasteiger partial charge in [-0.3, -0.25) is 5.84 Å². The minimum atomic E-state index is -0.00345. The van der Waals surface area contributed by atoms with Gasteiger partial charge in [0.05, 0.1) is 12.6 Å². The monoisotopic (exact) mass is 256 g/mol. The van der Waals surface area contributed by atoms with E-state index in [9.17, 15) is 0 Å². The Kier molecular flexibility index (Phi) is 4.55. The van der Waals surface area contributed by atoms with E-state index in [2.05, 4.69) is 36.6 Å². The second-order valence-electron chi connectivity index (χ2n) is 4.51. The highest BCUT2D eigenvalue weighted by atomic mass is 16.5. The third kappa shape index (κ3) is 3.34. The molecule has 100 valence electrons. The van der Waals surface area contributed by atoms with Gasteiger partial charge in [0.1, 0.15) is 5.75 Å². The highest BCUT2D eigenvalue weighted by Gasteiger charge is 2.11. The Hall–Kier alpha value is -1.84. The van der Waals surface area contributed by atoms with E-state index in [0.29, 0.717) is 6.61 Å². The fraction of sp³-hybridized carbons (Fsp3) is 0.250. The van der Waals surface area contributed by atoms with Crippen molar-refractivity contribution in [2.75, 3.05) is 6.61 Å². The first-order valence-corrected chi connectivity index (χ1v) is 6.50. The van der Waals surface area contributed by atoms with E-state index < -0.39 is 0 Å². The van der Waals surface area contributed by atoms with E-state index >= 15 is 0 Å². The van der Waals surface area contributed by atoms with E-state index in [0.717, 1.165) is 16.9 Å². The molecule has 0 bridgehead atoms. The van der Waals surface area contributed by atoms with Crippen LogP contribution in [0.4, 0.5) is 0 Å². The fourth-order valence-electron chi connectivity index (χ4n) is 2.07. The molecule has 0 aliphatic heterocycles. The van der Waals surface area contributed by atoms with Crippen LogP contribution in [0.2, 0.25) is 0 Å². The average molecular weight is 256 g/mol. The Morgan fingerprint density at radius 2 is 1.53 bits per heavy atom. The smallest absolute Gasteiger partial charge is 0.119 e. The molecule has 0 amide bonds. The number of hydrazine groups is 1. The first-order chi connectivity index (χ1) is 9.24. The van der Waals surface area contributed by atoms with Gasteiger partial charge in [0.15, 0.2) is 0 Å². The fourth-order valence-corrected chi connectivity index (χ4v) is 2.07. The second-order valence-corrected chi connectivity index (χ2v) is 4.51. The minimum Gasteiger partial charge on any atom is -0.494 e. The topological polar surface area (TPSA) is 47.3 Å². The summed E-state index contributed by atoms with van der Waals surface area (Å²) in [6, 6.07) is 16.4. The maximum absolute atomic E-state index is 5.69. The van der Waals surface area contributed by atoms with Crippen molar-refractivity contribution in [3.8, 4) is 5.75 Å². The molecular weight excluding hydrogens is 236 g/mol. The highest BCUT2D eigenvalue weighted by molar-refractivity contribution is 5.36. The molecule has 3 heteroatoms. The molecule has 19 heavy (non-hydrogen) atoms. The lowest BCUT2D eigenvalue weighted by molar-refractivity contribution is 0.340. The Bertz CT molecular complexity index is 505. The van der Waals surface area contributed by atoms with Crippen molar-refractivity contribution in [2.45, 2.75) is 19.9 Å². The Balaban J connectivity index is 2.23. The molecular formula is C16H20N2O. The summed E-state index contributed by atoms with van der Waals surface area (Å²) >= 11 is 0. The maximum Gasteiger partial charge on any atom is 0.119 e. The molecule has 0 aromatic heterocycles. The summed E-state index contributed by atoms with van der Waals surface area (Å²) in [6.07, 6.45) is 0. The normalized spacial score (nSPS) is 12.2. The van der Waals surface area contributed by atoms with E-state index in [1.807, 2.05) is 31.2 Å². The third-order valence-electron chi connectivity index (χ3n) is 3.10. The molecule has 0 radical (unpaired) electrons. The van der Waals surface area contributed by atoms with Gasteiger partial charge in [0, 0.05) is 0 Å². The predicted octanol–water partition coefficient (Wildman–Crippen LogP) is 2.95. The number of hydrogen-bond donors (Lipinski definition) is 2. The van der Waals surface area contributed by atoms with Gasteiger partial charge < -0.3 is 4.74 Å². The number of ether oxygens (including phenoxy) is 1. The number of rotatable bonds is 5. The molecule has 0 spiro atoms. The largest absolute Gasteiger partial charge is 0.494 e. The average Bonchev–Trinajstić information content (AvgIpc) is 2.44. The summed E-state index contributed by atoms with van der Waals surface area (Å²) in [6.45, 7) is 4.73. The quantitative estimate of drug-likeness (QED) is 0.638. The molecule has 1 unspecified atom stereocenters. The van der Waals surface area contributed by atoms with Crippen LogP contribution in [0.5, 0.6) is 5.75 Å². The van der Waals surface area contributed by atoms with Crippen molar-refractivity contribution >= 4 is 0 Å². The summed E-state index contributed by atoms with van der Waals surface area (Å²) in [5.74, 6) is 6.57. The number of nitrogens with one attached hydrogen (secondary N) is 1. The first-order valence-electron chi connectivity index (χ1n) is 6.50. The number of benzene rings is 2. The number of hydrogen-bond acceptors (Lipinski definition) is 3. The van der Waals surface area contributed by atoms with E-state index in [1.54, 1.807) is 0 Å². The molecule has 1 atom stereocenters. The third-order valence-corrected chi connectivity index (χ3v) is 3.10. The second kappa shape index (κ2) is 6.36. The van der Waals surface area contributed by atoms with Gasteiger partial charge >= 0.3 is 0 Å². The van der Waals surface area contributed by atoms with Crippen molar-refractivity contribution in [2.24, 2.45) is 5.84 Å². The van der Waals surface area contributed by atoms with Crippen LogP contribution in [0.3, 0.4) is 0 Å². The summed E-state index contributed by atoms with van der Waals surface area (Å²) < 4.78 is 5.44. The molecule has 3 N–H and O–H groups in total. The van der Waals surface area contributed by atoms with Crippen LogP contribution in [-0.4, -0.2) is 6.61 Å². The first kappa shape index (κ1) is 13.6. The molecule has 0 fully saturated rings.